The van der Waals surface area contributed by atoms with Gasteiger partial charge in [0.05, 0.1) is 13.2 Å². The molecule has 7 heteroatoms. The summed E-state index contributed by atoms with van der Waals surface area (Å²) < 4.78 is 11.3. The molecule has 0 atom stereocenters. The van der Waals surface area contributed by atoms with Crippen LogP contribution in [0.5, 0.6) is 11.5 Å². The minimum absolute atomic E-state index is 0.130. The smallest absolute Gasteiger partial charge is 0.326 e. The Bertz CT molecular complexity index is 817. The van der Waals surface area contributed by atoms with E-state index in [0.29, 0.717) is 27.8 Å². The van der Waals surface area contributed by atoms with Crippen molar-refractivity contribution in [2.24, 2.45) is 0 Å². The van der Waals surface area contributed by atoms with E-state index in [2.05, 4.69) is 10.6 Å². The molecule has 2 aromatic carbocycles. The molecule has 6 nitrogen and oxygen atoms in total. The van der Waals surface area contributed by atoms with Crippen LogP contribution in [0.15, 0.2) is 42.5 Å². The highest BCUT2D eigenvalue weighted by Gasteiger charge is 2.20. The summed E-state index contributed by atoms with van der Waals surface area (Å²) in [7, 11) is 1.55. The Morgan fingerprint density at radius 2 is 1.74 bits per heavy atom. The molecule has 0 bridgehead atoms. The van der Waals surface area contributed by atoms with Gasteiger partial charge in [0.15, 0.2) is 11.5 Å². The van der Waals surface area contributed by atoms with Crippen molar-refractivity contribution in [3.05, 3.63) is 53.1 Å². The van der Waals surface area contributed by atoms with Crippen LogP contribution in [0.4, 0.5) is 10.5 Å². The summed E-state index contributed by atoms with van der Waals surface area (Å²) in [5.41, 5.74) is 0.847. The molecule has 0 spiro atoms. The maximum absolute atomic E-state index is 12.4. The second-order valence-corrected chi connectivity index (χ2v) is 6.74. The molecule has 3 rings (SSSR count). The predicted octanol–water partition coefficient (Wildman–Crippen LogP) is 4.63. The number of ether oxygens (including phenoxy) is 2. The van der Waals surface area contributed by atoms with Crippen molar-refractivity contribution < 1.29 is 19.1 Å². The average molecular weight is 389 g/mol. The first-order valence-corrected chi connectivity index (χ1v) is 9.15. The van der Waals surface area contributed by atoms with Crippen molar-refractivity contribution in [2.75, 3.05) is 12.4 Å². The largest absolute Gasteiger partial charge is 0.493 e. The van der Waals surface area contributed by atoms with Crippen molar-refractivity contribution >= 4 is 29.2 Å². The van der Waals surface area contributed by atoms with E-state index in [1.165, 1.54) is 0 Å². The van der Waals surface area contributed by atoms with E-state index < -0.39 is 11.9 Å². The molecule has 3 amide bonds. The van der Waals surface area contributed by atoms with Gasteiger partial charge >= 0.3 is 6.03 Å². The first-order valence-electron chi connectivity index (χ1n) is 8.78. The number of rotatable bonds is 5. The van der Waals surface area contributed by atoms with Crippen molar-refractivity contribution in [3.8, 4) is 11.5 Å². The van der Waals surface area contributed by atoms with E-state index in [1.807, 2.05) is 0 Å². The zero-order chi connectivity index (χ0) is 19.2. The van der Waals surface area contributed by atoms with Crippen LogP contribution in [0.2, 0.25) is 5.02 Å². The molecule has 2 aromatic rings. The van der Waals surface area contributed by atoms with Crippen molar-refractivity contribution in [2.45, 2.75) is 31.8 Å². The fourth-order valence-electron chi connectivity index (χ4n) is 2.97. The summed E-state index contributed by atoms with van der Waals surface area (Å²) in [6.45, 7) is 0. The molecule has 1 fully saturated rings. The van der Waals surface area contributed by atoms with E-state index in [9.17, 15) is 9.59 Å². The number of benzene rings is 2. The van der Waals surface area contributed by atoms with Crippen LogP contribution in [0.1, 0.15) is 36.0 Å². The van der Waals surface area contributed by atoms with E-state index >= 15 is 0 Å². The quantitative estimate of drug-likeness (QED) is 0.782. The number of methoxy groups -OCH3 is 1. The summed E-state index contributed by atoms with van der Waals surface area (Å²) in [6.07, 6.45) is 4.38. The molecule has 0 unspecified atom stereocenters. The van der Waals surface area contributed by atoms with Crippen LogP contribution in [-0.2, 0) is 0 Å². The molecule has 0 aromatic heterocycles. The fourth-order valence-corrected chi connectivity index (χ4v) is 3.09. The topological polar surface area (TPSA) is 76.7 Å². The lowest BCUT2D eigenvalue weighted by Crippen LogP contribution is -2.34. The minimum atomic E-state index is -0.628. The van der Waals surface area contributed by atoms with Gasteiger partial charge in [0.1, 0.15) is 0 Å². The Morgan fingerprint density at radius 1 is 1.04 bits per heavy atom. The number of urea groups is 1. The van der Waals surface area contributed by atoms with Crippen LogP contribution in [0.3, 0.4) is 0 Å². The number of hydrogen-bond donors (Lipinski definition) is 2. The third kappa shape index (κ3) is 5.14. The fraction of sp³-hybridized carbons (Fsp3) is 0.300. The maximum atomic E-state index is 12.4. The average Bonchev–Trinajstić information content (AvgIpc) is 3.16. The third-order valence-electron chi connectivity index (χ3n) is 4.35. The van der Waals surface area contributed by atoms with Crippen LogP contribution in [0, 0.1) is 0 Å². The summed E-state index contributed by atoms with van der Waals surface area (Å²) >= 11 is 5.81. The number of carbonyl (C=O) groups is 2. The van der Waals surface area contributed by atoms with E-state index in [1.54, 1.807) is 49.6 Å². The van der Waals surface area contributed by atoms with Crippen LogP contribution in [-0.4, -0.2) is 25.2 Å². The molecular formula is C20H21ClN2O4. The van der Waals surface area contributed by atoms with Gasteiger partial charge in [0, 0.05) is 16.3 Å². The predicted molar refractivity (Wildman–Crippen MR) is 104 cm³/mol. The minimum Gasteiger partial charge on any atom is -0.493 e. The van der Waals surface area contributed by atoms with E-state index in [-0.39, 0.29) is 6.10 Å². The van der Waals surface area contributed by atoms with Crippen LogP contribution in [0.25, 0.3) is 0 Å². The third-order valence-corrected chi connectivity index (χ3v) is 4.60. The number of imide groups is 1. The number of hydrogen-bond acceptors (Lipinski definition) is 4. The molecule has 0 radical (unpaired) electrons. The molecule has 1 saturated carbocycles. The van der Waals surface area contributed by atoms with Gasteiger partial charge in [-0.3, -0.25) is 10.1 Å². The zero-order valence-electron chi connectivity index (χ0n) is 15.0. The zero-order valence-corrected chi connectivity index (χ0v) is 15.7. The first-order chi connectivity index (χ1) is 13.0. The van der Waals surface area contributed by atoms with Gasteiger partial charge in [-0.05, 0) is 68.1 Å². The van der Waals surface area contributed by atoms with Gasteiger partial charge in [-0.25, -0.2) is 4.79 Å². The Balaban J connectivity index is 1.66. The normalized spacial score (nSPS) is 13.9. The number of nitrogens with one attached hydrogen (secondary N) is 2. The second kappa shape index (κ2) is 8.77. The maximum Gasteiger partial charge on any atom is 0.326 e. The molecule has 0 heterocycles. The summed E-state index contributed by atoms with van der Waals surface area (Å²) in [5, 5.41) is 5.44. The lowest BCUT2D eigenvalue weighted by molar-refractivity contribution is 0.0966. The molecule has 1 aliphatic rings. The Kier molecular flexibility index (Phi) is 6.19. The number of halogens is 1. The Hall–Kier alpha value is -2.73. The Labute approximate surface area is 162 Å². The Morgan fingerprint density at radius 3 is 2.41 bits per heavy atom. The van der Waals surface area contributed by atoms with Gasteiger partial charge in [-0.15, -0.1) is 0 Å². The summed E-state index contributed by atoms with van der Waals surface area (Å²) in [4.78, 5) is 24.4. The SMILES string of the molecule is COc1ccc(C(=O)NC(=O)Nc2ccc(Cl)cc2)cc1OC1CCCC1. The van der Waals surface area contributed by atoms with Crippen molar-refractivity contribution in [3.63, 3.8) is 0 Å². The summed E-state index contributed by atoms with van der Waals surface area (Å²) in [6, 6.07) is 10.8. The molecular weight excluding hydrogens is 368 g/mol. The van der Waals surface area contributed by atoms with Crippen LogP contribution >= 0.6 is 11.6 Å². The first kappa shape index (κ1) is 19.0. The molecule has 0 saturated heterocycles. The second-order valence-electron chi connectivity index (χ2n) is 6.31. The standard InChI is InChI=1S/C20H21ClN2O4/c1-26-17-11-6-13(12-18(17)27-16-4-2-3-5-16)19(24)23-20(25)22-15-9-7-14(21)8-10-15/h6-12,16H,2-5H2,1H3,(H2,22,23,24,25). The molecule has 2 N–H and O–H groups in total. The highest BCUT2D eigenvalue weighted by atomic mass is 35.5. The van der Waals surface area contributed by atoms with E-state index in [4.69, 9.17) is 21.1 Å². The van der Waals surface area contributed by atoms with Gasteiger partial charge in [-0.2, -0.15) is 0 Å². The van der Waals surface area contributed by atoms with Gasteiger partial charge in [-0.1, -0.05) is 11.6 Å². The highest BCUT2D eigenvalue weighted by Crippen LogP contribution is 2.32. The lowest BCUT2D eigenvalue weighted by Gasteiger charge is -2.16. The molecule has 142 valence electrons. The van der Waals surface area contributed by atoms with Crippen molar-refractivity contribution in [1.82, 2.24) is 5.32 Å². The molecule has 0 aliphatic heterocycles. The monoisotopic (exact) mass is 388 g/mol. The number of anilines is 1. The van der Waals surface area contributed by atoms with E-state index in [0.717, 1.165) is 25.7 Å². The van der Waals surface area contributed by atoms with Crippen molar-refractivity contribution in [1.29, 1.82) is 0 Å². The van der Waals surface area contributed by atoms with Gasteiger partial charge in [0.25, 0.3) is 5.91 Å². The lowest BCUT2D eigenvalue weighted by atomic mass is 10.2. The van der Waals surface area contributed by atoms with Gasteiger partial charge in [0.2, 0.25) is 0 Å². The summed E-state index contributed by atoms with van der Waals surface area (Å²) in [5.74, 6) is 0.541. The molecule has 27 heavy (non-hydrogen) atoms. The number of amides is 3. The van der Waals surface area contributed by atoms with Gasteiger partial charge < -0.3 is 14.8 Å². The highest BCUT2D eigenvalue weighted by molar-refractivity contribution is 6.30. The van der Waals surface area contributed by atoms with Crippen LogP contribution < -0.4 is 20.1 Å². The number of carbonyl (C=O) groups excluding carboxylic acids is 2. The molecule has 1 aliphatic carbocycles.